The SMILES string of the molecule is CCCC1CCC(C2CCC(C(F)(F)C(F)(F)F)CC2)CC1. The summed E-state index contributed by atoms with van der Waals surface area (Å²) in [7, 11) is 0. The van der Waals surface area contributed by atoms with Gasteiger partial charge in [0.25, 0.3) is 0 Å². The zero-order valence-corrected chi connectivity index (χ0v) is 13.3. The van der Waals surface area contributed by atoms with Crippen LogP contribution in [0.1, 0.15) is 71.1 Å². The molecule has 0 spiro atoms. The molecule has 0 saturated heterocycles. The predicted molar refractivity (Wildman–Crippen MR) is 76.8 cm³/mol. The highest BCUT2D eigenvalue weighted by Gasteiger charge is 2.62. The van der Waals surface area contributed by atoms with Crippen LogP contribution in [0.4, 0.5) is 22.0 Å². The summed E-state index contributed by atoms with van der Waals surface area (Å²) in [5.41, 5.74) is 0. The van der Waals surface area contributed by atoms with Gasteiger partial charge < -0.3 is 0 Å². The summed E-state index contributed by atoms with van der Waals surface area (Å²) in [5, 5.41) is 0. The van der Waals surface area contributed by atoms with Gasteiger partial charge in [0.1, 0.15) is 0 Å². The van der Waals surface area contributed by atoms with Crippen molar-refractivity contribution in [1.29, 1.82) is 0 Å². The Kier molecular flexibility index (Phi) is 5.76. The Bertz CT molecular complexity index is 333. The maximum absolute atomic E-state index is 13.4. The fourth-order valence-corrected chi connectivity index (χ4v) is 4.54. The first-order valence-electron chi connectivity index (χ1n) is 8.70. The van der Waals surface area contributed by atoms with Crippen LogP contribution in [0.25, 0.3) is 0 Å². The summed E-state index contributed by atoms with van der Waals surface area (Å²) in [5.74, 6) is -4.32. The molecule has 0 nitrogen and oxygen atoms in total. The molecule has 0 bridgehead atoms. The Morgan fingerprint density at radius 2 is 1.18 bits per heavy atom. The van der Waals surface area contributed by atoms with Crippen LogP contribution in [0, 0.1) is 23.7 Å². The predicted octanol–water partition coefficient (Wildman–Crippen LogP) is 6.60. The van der Waals surface area contributed by atoms with Crippen molar-refractivity contribution in [3.8, 4) is 0 Å². The zero-order chi connectivity index (χ0) is 16.4. The minimum Gasteiger partial charge on any atom is -0.196 e. The molecule has 0 aliphatic heterocycles. The second kappa shape index (κ2) is 7.04. The number of rotatable bonds is 4. The summed E-state index contributed by atoms with van der Waals surface area (Å²) in [6.45, 7) is 2.19. The molecule has 0 N–H and O–H groups in total. The smallest absolute Gasteiger partial charge is 0.196 e. The van der Waals surface area contributed by atoms with Crippen molar-refractivity contribution in [3.05, 3.63) is 0 Å². The third kappa shape index (κ3) is 3.94. The summed E-state index contributed by atoms with van der Waals surface area (Å²) >= 11 is 0. The van der Waals surface area contributed by atoms with Crippen molar-refractivity contribution in [3.63, 3.8) is 0 Å². The highest BCUT2D eigenvalue weighted by atomic mass is 19.4. The molecule has 0 atom stereocenters. The summed E-state index contributed by atoms with van der Waals surface area (Å²) in [4.78, 5) is 0. The van der Waals surface area contributed by atoms with E-state index in [1.807, 2.05) is 0 Å². The van der Waals surface area contributed by atoms with E-state index in [0.717, 1.165) is 18.8 Å². The van der Waals surface area contributed by atoms with Gasteiger partial charge in [-0.25, -0.2) is 0 Å². The van der Waals surface area contributed by atoms with E-state index in [0.29, 0.717) is 24.7 Å². The molecule has 2 fully saturated rings. The van der Waals surface area contributed by atoms with Gasteiger partial charge in [-0.05, 0) is 56.3 Å². The zero-order valence-electron chi connectivity index (χ0n) is 13.3. The van der Waals surface area contributed by atoms with Gasteiger partial charge in [-0.2, -0.15) is 22.0 Å². The van der Waals surface area contributed by atoms with Crippen molar-refractivity contribution in [1.82, 2.24) is 0 Å². The lowest BCUT2D eigenvalue weighted by atomic mass is 9.68. The maximum atomic E-state index is 13.4. The molecule has 0 amide bonds. The Morgan fingerprint density at radius 3 is 1.59 bits per heavy atom. The highest BCUT2D eigenvalue weighted by molar-refractivity contribution is 4.90. The molecule has 0 aromatic heterocycles. The van der Waals surface area contributed by atoms with E-state index >= 15 is 0 Å². The second-order valence-corrected chi connectivity index (χ2v) is 7.30. The second-order valence-electron chi connectivity index (χ2n) is 7.30. The minimum absolute atomic E-state index is 0.0199. The van der Waals surface area contributed by atoms with Crippen molar-refractivity contribution < 1.29 is 22.0 Å². The summed E-state index contributed by atoms with van der Waals surface area (Å²) in [6, 6.07) is 0. The topological polar surface area (TPSA) is 0 Å². The van der Waals surface area contributed by atoms with E-state index in [4.69, 9.17) is 0 Å². The highest BCUT2D eigenvalue weighted by Crippen LogP contribution is 2.50. The molecule has 5 heteroatoms. The van der Waals surface area contributed by atoms with Gasteiger partial charge in [-0.3, -0.25) is 0 Å². The first-order valence-corrected chi connectivity index (χ1v) is 8.70. The van der Waals surface area contributed by atoms with Crippen LogP contribution in [0.3, 0.4) is 0 Å². The van der Waals surface area contributed by atoms with Crippen molar-refractivity contribution >= 4 is 0 Å². The Hall–Kier alpha value is -0.350. The lowest BCUT2D eigenvalue weighted by Crippen LogP contribution is -2.45. The van der Waals surface area contributed by atoms with Crippen molar-refractivity contribution in [2.24, 2.45) is 23.7 Å². The van der Waals surface area contributed by atoms with Gasteiger partial charge in [0.05, 0.1) is 0 Å². The van der Waals surface area contributed by atoms with E-state index < -0.39 is 18.0 Å². The van der Waals surface area contributed by atoms with E-state index in [-0.39, 0.29) is 12.8 Å². The molecule has 2 saturated carbocycles. The van der Waals surface area contributed by atoms with Gasteiger partial charge >= 0.3 is 12.1 Å². The molecule has 22 heavy (non-hydrogen) atoms. The monoisotopic (exact) mass is 326 g/mol. The van der Waals surface area contributed by atoms with E-state index in [9.17, 15) is 22.0 Å². The average Bonchev–Trinajstić information content (AvgIpc) is 2.47. The molecule has 2 aliphatic carbocycles. The van der Waals surface area contributed by atoms with Gasteiger partial charge in [-0.1, -0.05) is 32.6 Å². The fraction of sp³-hybridized carbons (Fsp3) is 1.00. The first-order chi connectivity index (χ1) is 10.3. The molecule has 0 radical (unpaired) electrons. The number of alkyl halides is 5. The molecule has 0 heterocycles. The lowest BCUT2D eigenvalue weighted by molar-refractivity contribution is -0.306. The maximum Gasteiger partial charge on any atom is 0.453 e. The van der Waals surface area contributed by atoms with Gasteiger partial charge in [0.15, 0.2) is 0 Å². The van der Waals surface area contributed by atoms with E-state index in [1.165, 1.54) is 25.7 Å². The quantitative estimate of drug-likeness (QED) is 0.511. The molecule has 2 aliphatic rings. The third-order valence-corrected chi connectivity index (χ3v) is 5.92. The molecule has 0 unspecified atom stereocenters. The number of hydrogen-bond acceptors (Lipinski definition) is 0. The minimum atomic E-state index is -5.40. The van der Waals surface area contributed by atoms with Crippen LogP contribution in [-0.4, -0.2) is 12.1 Å². The van der Waals surface area contributed by atoms with E-state index in [2.05, 4.69) is 6.92 Å². The Morgan fingerprint density at radius 1 is 0.727 bits per heavy atom. The van der Waals surface area contributed by atoms with Crippen LogP contribution in [-0.2, 0) is 0 Å². The largest absolute Gasteiger partial charge is 0.453 e. The molecule has 0 aromatic rings. The van der Waals surface area contributed by atoms with Crippen molar-refractivity contribution in [2.45, 2.75) is 83.2 Å². The average molecular weight is 326 g/mol. The lowest BCUT2D eigenvalue weighted by Gasteiger charge is -2.39. The van der Waals surface area contributed by atoms with Crippen LogP contribution >= 0.6 is 0 Å². The summed E-state index contributed by atoms with van der Waals surface area (Å²) in [6.07, 6.45) is 2.86. The number of halogens is 5. The third-order valence-electron chi connectivity index (χ3n) is 5.92. The Labute approximate surface area is 129 Å². The van der Waals surface area contributed by atoms with Crippen molar-refractivity contribution in [2.75, 3.05) is 0 Å². The molecule has 0 aromatic carbocycles. The molecular weight excluding hydrogens is 299 g/mol. The molecule has 2 rings (SSSR count). The van der Waals surface area contributed by atoms with Gasteiger partial charge in [0.2, 0.25) is 0 Å². The van der Waals surface area contributed by atoms with Crippen LogP contribution < -0.4 is 0 Å². The van der Waals surface area contributed by atoms with Gasteiger partial charge in [-0.15, -0.1) is 0 Å². The van der Waals surface area contributed by atoms with Crippen LogP contribution in [0.15, 0.2) is 0 Å². The van der Waals surface area contributed by atoms with E-state index in [1.54, 1.807) is 0 Å². The van der Waals surface area contributed by atoms with Crippen LogP contribution in [0.5, 0.6) is 0 Å². The number of hydrogen-bond donors (Lipinski definition) is 0. The Balaban J connectivity index is 1.81. The van der Waals surface area contributed by atoms with Crippen LogP contribution in [0.2, 0.25) is 0 Å². The first kappa shape index (κ1) is 18.0. The normalized spacial score (nSPS) is 34.6. The summed E-state index contributed by atoms with van der Waals surface area (Å²) < 4.78 is 64.1. The fourth-order valence-electron chi connectivity index (χ4n) is 4.54. The standard InChI is InChI=1S/C17H27F5/c1-2-3-12-4-6-13(7-5-12)14-8-10-15(11-9-14)16(18,19)17(20,21)22/h12-15H,2-11H2,1H3. The molecular formula is C17H27F5. The van der Waals surface area contributed by atoms with Gasteiger partial charge in [0, 0.05) is 5.92 Å². The molecule has 130 valence electrons.